The lowest BCUT2D eigenvalue weighted by molar-refractivity contribution is -0.151. The fourth-order valence-corrected chi connectivity index (χ4v) is 4.93. The van der Waals surface area contributed by atoms with Gasteiger partial charge in [0.05, 0.1) is 18.0 Å². The average molecular weight is 387 g/mol. The van der Waals surface area contributed by atoms with E-state index in [2.05, 4.69) is 19.2 Å². The number of rotatable bonds is 8. The van der Waals surface area contributed by atoms with Gasteiger partial charge in [0.2, 0.25) is 5.91 Å². The van der Waals surface area contributed by atoms with Crippen LogP contribution in [0.15, 0.2) is 0 Å². The summed E-state index contributed by atoms with van der Waals surface area (Å²) in [6.07, 6.45) is 3.66. The van der Waals surface area contributed by atoms with Gasteiger partial charge in [0.1, 0.15) is 12.1 Å². The molecule has 26 heavy (non-hydrogen) atoms. The minimum absolute atomic E-state index is 0.0768. The van der Waals surface area contributed by atoms with E-state index in [1.54, 1.807) is 6.92 Å². The number of nitrogens with zero attached hydrogens (tertiary/aromatic N) is 1. The highest BCUT2D eigenvalue weighted by Gasteiger charge is 2.45. The molecule has 0 spiro atoms. The smallest absolute Gasteiger partial charge is 0.327 e. The standard InChI is InChI=1S/C18H30N2O5S/c1-4-25-18(24)13(9-8-11(2)3)19-12-6-5-7-15-20(16(12)21)14(10-26-15)17(22)23/h11-15,19H,4-10H2,1-3H3,(H,22,23)/t12-,13?,14-,15+/m0/s1. The van der Waals surface area contributed by atoms with Crippen LogP contribution in [0.1, 0.15) is 52.9 Å². The molecule has 2 fully saturated rings. The number of carbonyl (C=O) groups is 3. The Labute approximate surface area is 159 Å². The molecule has 0 aromatic carbocycles. The van der Waals surface area contributed by atoms with Crippen molar-refractivity contribution in [1.29, 1.82) is 0 Å². The fourth-order valence-electron chi connectivity index (χ4n) is 3.48. The third-order valence-corrected chi connectivity index (χ3v) is 6.24. The second-order valence-corrected chi connectivity index (χ2v) is 8.52. The Morgan fingerprint density at radius 3 is 2.69 bits per heavy atom. The number of hydrogen-bond donors (Lipinski definition) is 2. The van der Waals surface area contributed by atoms with Crippen LogP contribution < -0.4 is 5.32 Å². The van der Waals surface area contributed by atoms with Crippen molar-refractivity contribution < 1.29 is 24.2 Å². The maximum absolute atomic E-state index is 13.0. The Morgan fingerprint density at radius 1 is 1.35 bits per heavy atom. The van der Waals surface area contributed by atoms with Gasteiger partial charge in [-0.3, -0.25) is 14.9 Å². The highest BCUT2D eigenvalue weighted by atomic mass is 32.2. The summed E-state index contributed by atoms with van der Waals surface area (Å²) in [6, 6.07) is -1.86. The van der Waals surface area contributed by atoms with Crippen molar-refractivity contribution in [3.8, 4) is 0 Å². The molecule has 0 aromatic rings. The van der Waals surface area contributed by atoms with E-state index in [-0.39, 0.29) is 17.3 Å². The molecular weight excluding hydrogens is 356 g/mol. The molecule has 148 valence electrons. The molecule has 0 aliphatic carbocycles. The van der Waals surface area contributed by atoms with E-state index in [0.717, 1.165) is 19.3 Å². The molecule has 2 aliphatic heterocycles. The Kier molecular flexibility index (Phi) is 7.76. The highest BCUT2D eigenvalue weighted by molar-refractivity contribution is 8.00. The van der Waals surface area contributed by atoms with Crippen molar-refractivity contribution in [1.82, 2.24) is 10.2 Å². The van der Waals surface area contributed by atoms with Crippen LogP contribution in [-0.4, -0.2) is 63.7 Å². The molecule has 2 saturated heterocycles. The van der Waals surface area contributed by atoms with E-state index in [1.165, 1.54) is 16.7 Å². The van der Waals surface area contributed by atoms with Gasteiger partial charge in [-0.15, -0.1) is 11.8 Å². The molecule has 1 amide bonds. The summed E-state index contributed by atoms with van der Waals surface area (Å²) >= 11 is 1.53. The summed E-state index contributed by atoms with van der Waals surface area (Å²) in [5.74, 6) is -0.645. The maximum Gasteiger partial charge on any atom is 0.327 e. The summed E-state index contributed by atoms with van der Waals surface area (Å²) < 4.78 is 5.17. The number of thioether (sulfide) groups is 1. The molecule has 1 unspecified atom stereocenters. The first-order chi connectivity index (χ1) is 12.3. The molecule has 2 heterocycles. The van der Waals surface area contributed by atoms with Gasteiger partial charge in [-0.05, 0) is 44.9 Å². The Hall–Kier alpha value is -1.28. The topological polar surface area (TPSA) is 95.9 Å². The van der Waals surface area contributed by atoms with Crippen LogP contribution >= 0.6 is 11.8 Å². The molecule has 7 nitrogen and oxygen atoms in total. The Bertz CT molecular complexity index is 528. The number of hydrogen-bond acceptors (Lipinski definition) is 6. The second-order valence-electron chi connectivity index (χ2n) is 7.31. The first-order valence-electron chi connectivity index (χ1n) is 9.44. The van der Waals surface area contributed by atoms with Crippen LogP contribution in [0.3, 0.4) is 0 Å². The lowest BCUT2D eigenvalue weighted by Crippen LogP contribution is -2.55. The predicted octanol–water partition coefficient (Wildman–Crippen LogP) is 1.85. The SMILES string of the molecule is CCOC(=O)C(CCC(C)C)N[C@H]1CCC[C@H]2SC[C@@H](C(=O)O)N2C1=O. The van der Waals surface area contributed by atoms with Crippen molar-refractivity contribution >= 4 is 29.6 Å². The number of carboxylic acid groups (broad SMARTS) is 1. The number of esters is 1. The fraction of sp³-hybridized carbons (Fsp3) is 0.833. The number of aliphatic carboxylic acids is 1. The van der Waals surface area contributed by atoms with Gasteiger partial charge in [-0.1, -0.05) is 13.8 Å². The number of carboxylic acids is 1. The molecule has 0 saturated carbocycles. The molecule has 0 aromatic heterocycles. The van der Waals surface area contributed by atoms with E-state index in [1.807, 2.05) is 0 Å². The monoisotopic (exact) mass is 386 g/mol. The van der Waals surface area contributed by atoms with Crippen molar-refractivity contribution in [2.45, 2.75) is 76.4 Å². The third kappa shape index (κ3) is 5.13. The quantitative estimate of drug-likeness (QED) is 0.615. The van der Waals surface area contributed by atoms with Gasteiger partial charge in [0, 0.05) is 5.75 Å². The van der Waals surface area contributed by atoms with Crippen molar-refractivity contribution in [3.05, 3.63) is 0 Å². The molecule has 8 heteroatoms. The minimum atomic E-state index is -0.962. The number of carbonyl (C=O) groups excluding carboxylic acids is 2. The van der Waals surface area contributed by atoms with E-state index in [0.29, 0.717) is 31.1 Å². The summed E-state index contributed by atoms with van der Waals surface area (Å²) in [6.45, 7) is 6.23. The molecule has 2 aliphatic rings. The normalized spacial score (nSPS) is 27.2. The summed E-state index contributed by atoms with van der Waals surface area (Å²) in [5.41, 5.74) is 0. The van der Waals surface area contributed by atoms with E-state index in [9.17, 15) is 19.5 Å². The predicted molar refractivity (Wildman–Crippen MR) is 99.8 cm³/mol. The molecule has 4 atom stereocenters. The van der Waals surface area contributed by atoms with Crippen LogP contribution in [0.25, 0.3) is 0 Å². The Balaban J connectivity index is 2.12. The van der Waals surface area contributed by atoms with Crippen LogP contribution in [0.4, 0.5) is 0 Å². The number of amides is 1. The van der Waals surface area contributed by atoms with Crippen molar-refractivity contribution in [2.75, 3.05) is 12.4 Å². The maximum atomic E-state index is 13.0. The van der Waals surface area contributed by atoms with Gasteiger partial charge in [0.25, 0.3) is 0 Å². The van der Waals surface area contributed by atoms with Crippen LogP contribution in [0.2, 0.25) is 0 Å². The number of nitrogens with one attached hydrogen (secondary N) is 1. The molecule has 2 N–H and O–H groups in total. The largest absolute Gasteiger partial charge is 0.480 e. The zero-order chi connectivity index (χ0) is 19.3. The van der Waals surface area contributed by atoms with Gasteiger partial charge >= 0.3 is 11.9 Å². The zero-order valence-electron chi connectivity index (χ0n) is 15.8. The highest BCUT2D eigenvalue weighted by Crippen LogP contribution is 2.35. The van der Waals surface area contributed by atoms with Gasteiger partial charge in [0.15, 0.2) is 0 Å². The average Bonchev–Trinajstić information content (AvgIpc) is 2.94. The first-order valence-corrected chi connectivity index (χ1v) is 10.5. The Morgan fingerprint density at radius 2 is 2.08 bits per heavy atom. The number of ether oxygens (including phenoxy) is 1. The minimum Gasteiger partial charge on any atom is -0.480 e. The second kappa shape index (κ2) is 9.60. The molecule has 2 rings (SSSR count). The summed E-state index contributed by atoms with van der Waals surface area (Å²) in [7, 11) is 0. The molecular formula is C18H30N2O5S. The van der Waals surface area contributed by atoms with E-state index >= 15 is 0 Å². The van der Waals surface area contributed by atoms with Crippen molar-refractivity contribution in [3.63, 3.8) is 0 Å². The van der Waals surface area contributed by atoms with Crippen LogP contribution in [0, 0.1) is 5.92 Å². The van der Waals surface area contributed by atoms with E-state index < -0.39 is 24.1 Å². The molecule has 0 radical (unpaired) electrons. The van der Waals surface area contributed by atoms with Gasteiger partial charge in [-0.2, -0.15) is 0 Å². The summed E-state index contributed by atoms with van der Waals surface area (Å²) in [5, 5.41) is 12.5. The van der Waals surface area contributed by atoms with Crippen LogP contribution in [0.5, 0.6) is 0 Å². The van der Waals surface area contributed by atoms with Crippen molar-refractivity contribution in [2.24, 2.45) is 5.92 Å². The van der Waals surface area contributed by atoms with Gasteiger partial charge in [-0.25, -0.2) is 4.79 Å². The summed E-state index contributed by atoms with van der Waals surface area (Å²) in [4.78, 5) is 38.4. The van der Waals surface area contributed by atoms with E-state index in [4.69, 9.17) is 4.74 Å². The lowest BCUT2D eigenvalue weighted by Gasteiger charge is -2.30. The third-order valence-electron chi connectivity index (χ3n) is 4.88. The zero-order valence-corrected chi connectivity index (χ0v) is 16.6. The number of fused-ring (bicyclic) bond motifs is 1. The lowest BCUT2D eigenvalue weighted by atomic mass is 10.0. The van der Waals surface area contributed by atoms with Gasteiger partial charge < -0.3 is 14.7 Å². The molecule has 0 bridgehead atoms. The van der Waals surface area contributed by atoms with Crippen LogP contribution in [-0.2, 0) is 19.1 Å². The first kappa shape index (κ1) is 21.0.